The van der Waals surface area contributed by atoms with Gasteiger partial charge in [0.05, 0.1) is 5.56 Å². The highest BCUT2D eigenvalue weighted by atomic mass is 35.5. The van der Waals surface area contributed by atoms with Gasteiger partial charge in [0.1, 0.15) is 5.02 Å². The number of rotatable bonds is 2. The third-order valence-electron chi connectivity index (χ3n) is 5.39. The second-order valence-corrected chi connectivity index (χ2v) is 7.60. The second-order valence-electron chi connectivity index (χ2n) is 7.20. The smallest absolute Gasteiger partial charge is 0.266 e. The van der Waals surface area contributed by atoms with E-state index in [2.05, 4.69) is 4.98 Å². The van der Waals surface area contributed by atoms with Crippen molar-refractivity contribution in [2.75, 3.05) is 19.6 Å². The summed E-state index contributed by atoms with van der Waals surface area (Å²) in [6.07, 6.45) is 3.27. The van der Waals surface area contributed by atoms with E-state index in [9.17, 15) is 14.4 Å². The SMILES string of the molecule is O=C(c1ccccc1)N1C[C@H]2CC[C@@H](C1)N(C(=O)c1c[nH]c(=O)c(Cl)c1)C2. The minimum atomic E-state index is -0.412. The van der Waals surface area contributed by atoms with Crippen LogP contribution in [-0.4, -0.2) is 52.3 Å². The Bertz CT molecular complexity index is 928. The van der Waals surface area contributed by atoms with E-state index >= 15 is 0 Å². The predicted molar refractivity (Wildman–Crippen MR) is 102 cm³/mol. The highest BCUT2D eigenvalue weighted by Gasteiger charge is 2.39. The predicted octanol–water partition coefficient (Wildman–Crippen LogP) is 2.41. The fourth-order valence-electron chi connectivity index (χ4n) is 4.01. The maximum atomic E-state index is 13.0. The van der Waals surface area contributed by atoms with E-state index in [4.69, 9.17) is 11.6 Å². The van der Waals surface area contributed by atoms with Crippen LogP contribution < -0.4 is 5.56 Å². The topological polar surface area (TPSA) is 73.5 Å². The Morgan fingerprint density at radius 3 is 2.52 bits per heavy atom. The molecule has 1 N–H and O–H groups in total. The van der Waals surface area contributed by atoms with E-state index in [0.717, 1.165) is 12.8 Å². The number of carbonyl (C=O) groups is 2. The molecule has 3 aliphatic heterocycles. The van der Waals surface area contributed by atoms with Crippen molar-refractivity contribution in [1.82, 2.24) is 14.8 Å². The quantitative estimate of drug-likeness (QED) is 0.862. The van der Waals surface area contributed by atoms with Gasteiger partial charge >= 0.3 is 0 Å². The minimum absolute atomic E-state index is 0.00159. The van der Waals surface area contributed by atoms with Gasteiger partial charge in [0.25, 0.3) is 17.4 Å². The number of hydrogen-bond donors (Lipinski definition) is 1. The number of nitrogens with zero attached hydrogens (tertiary/aromatic N) is 2. The first kappa shape index (κ1) is 17.8. The number of pyridine rings is 1. The minimum Gasteiger partial charge on any atom is -0.336 e. The molecule has 3 saturated heterocycles. The van der Waals surface area contributed by atoms with Gasteiger partial charge in [-0.2, -0.15) is 0 Å². The van der Waals surface area contributed by atoms with Crippen molar-refractivity contribution >= 4 is 23.4 Å². The number of halogens is 1. The van der Waals surface area contributed by atoms with Crippen molar-refractivity contribution in [3.05, 3.63) is 69.1 Å². The highest BCUT2D eigenvalue weighted by molar-refractivity contribution is 6.30. The fraction of sp³-hybridized carbons (Fsp3) is 0.350. The van der Waals surface area contributed by atoms with Crippen LogP contribution >= 0.6 is 11.6 Å². The molecule has 5 rings (SSSR count). The average Bonchev–Trinajstić information content (AvgIpc) is 3.01. The van der Waals surface area contributed by atoms with Crippen LogP contribution in [0, 0.1) is 5.92 Å². The molecule has 3 aliphatic rings. The van der Waals surface area contributed by atoms with Crippen LogP contribution in [0.5, 0.6) is 0 Å². The van der Waals surface area contributed by atoms with E-state index < -0.39 is 5.56 Å². The van der Waals surface area contributed by atoms with E-state index in [0.29, 0.717) is 30.8 Å². The van der Waals surface area contributed by atoms with Crippen LogP contribution in [0.4, 0.5) is 0 Å². The number of benzene rings is 1. The van der Waals surface area contributed by atoms with Crippen molar-refractivity contribution in [3.63, 3.8) is 0 Å². The molecule has 6 nitrogen and oxygen atoms in total. The number of amides is 2. The Labute approximate surface area is 161 Å². The van der Waals surface area contributed by atoms with Crippen LogP contribution in [0.2, 0.25) is 5.02 Å². The monoisotopic (exact) mass is 385 g/mol. The van der Waals surface area contributed by atoms with Crippen molar-refractivity contribution < 1.29 is 9.59 Å². The zero-order valence-electron chi connectivity index (χ0n) is 14.7. The molecule has 3 fully saturated rings. The maximum Gasteiger partial charge on any atom is 0.266 e. The summed E-state index contributed by atoms with van der Waals surface area (Å²) >= 11 is 5.87. The van der Waals surface area contributed by atoms with Gasteiger partial charge in [-0.3, -0.25) is 14.4 Å². The van der Waals surface area contributed by atoms with Gasteiger partial charge in [0, 0.05) is 37.4 Å². The van der Waals surface area contributed by atoms with E-state index in [-0.39, 0.29) is 28.8 Å². The Hall–Kier alpha value is -2.60. The van der Waals surface area contributed by atoms with Crippen molar-refractivity contribution in [2.24, 2.45) is 5.92 Å². The standard InChI is InChI=1S/C20H20ClN3O3/c21-17-8-15(9-22-18(17)25)20(27)24-11-13-6-7-16(24)12-23(10-13)19(26)14-4-2-1-3-5-14/h1-5,8-9,13,16H,6-7,10-12H2,(H,22,25)/t13-,16+/m1/s1. The Kier molecular flexibility index (Phi) is 4.74. The first-order valence-corrected chi connectivity index (χ1v) is 9.44. The summed E-state index contributed by atoms with van der Waals surface area (Å²) < 4.78 is 0. The molecule has 0 radical (unpaired) electrons. The first-order chi connectivity index (χ1) is 13.0. The molecular weight excluding hydrogens is 366 g/mol. The molecule has 1 aromatic heterocycles. The first-order valence-electron chi connectivity index (χ1n) is 9.06. The number of aromatic nitrogens is 1. The summed E-state index contributed by atoms with van der Waals surface area (Å²) in [5.74, 6) is 0.101. The summed E-state index contributed by atoms with van der Waals surface area (Å²) in [6, 6.07) is 10.6. The van der Waals surface area contributed by atoms with Crippen LogP contribution in [0.1, 0.15) is 33.6 Å². The van der Waals surface area contributed by atoms with Gasteiger partial charge in [-0.05, 0) is 37.0 Å². The van der Waals surface area contributed by atoms with E-state index in [1.54, 1.807) is 0 Å². The van der Waals surface area contributed by atoms with Crippen LogP contribution in [0.3, 0.4) is 0 Å². The molecule has 0 unspecified atom stereocenters. The Morgan fingerprint density at radius 1 is 1.00 bits per heavy atom. The molecule has 2 bridgehead atoms. The van der Waals surface area contributed by atoms with Gasteiger partial charge < -0.3 is 14.8 Å². The maximum absolute atomic E-state index is 13.0. The summed E-state index contributed by atoms with van der Waals surface area (Å²) in [4.78, 5) is 43.5. The lowest BCUT2D eigenvalue weighted by Crippen LogP contribution is -2.47. The molecule has 2 amide bonds. The number of carbonyl (C=O) groups excluding carboxylic acids is 2. The third-order valence-corrected chi connectivity index (χ3v) is 5.67. The molecule has 27 heavy (non-hydrogen) atoms. The largest absolute Gasteiger partial charge is 0.336 e. The average molecular weight is 386 g/mol. The van der Waals surface area contributed by atoms with Crippen molar-refractivity contribution in [2.45, 2.75) is 18.9 Å². The van der Waals surface area contributed by atoms with Gasteiger partial charge in [0.15, 0.2) is 0 Å². The third kappa shape index (κ3) is 3.49. The summed E-state index contributed by atoms with van der Waals surface area (Å²) in [6.45, 7) is 1.78. The molecule has 2 atom stereocenters. The summed E-state index contributed by atoms with van der Waals surface area (Å²) in [5.41, 5.74) is 0.627. The van der Waals surface area contributed by atoms with Gasteiger partial charge in [-0.15, -0.1) is 0 Å². The number of hydrogen-bond acceptors (Lipinski definition) is 3. The van der Waals surface area contributed by atoms with Crippen molar-refractivity contribution in [3.8, 4) is 0 Å². The lowest BCUT2D eigenvalue weighted by atomic mass is 9.94. The number of H-pyrrole nitrogens is 1. The lowest BCUT2D eigenvalue weighted by Gasteiger charge is -2.36. The molecule has 7 heteroatoms. The molecular formula is C20H20ClN3O3. The molecule has 0 spiro atoms. The van der Waals surface area contributed by atoms with Crippen LogP contribution in [-0.2, 0) is 0 Å². The normalized spacial score (nSPS) is 21.8. The number of aromatic amines is 1. The van der Waals surface area contributed by atoms with E-state index in [1.807, 2.05) is 40.1 Å². The lowest BCUT2D eigenvalue weighted by molar-refractivity contribution is 0.0574. The van der Waals surface area contributed by atoms with Gasteiger partial charge in [0.2, 0.25) is 0 Å². The molecule has 4 heterocycles. The van der Waals surface area contributed by atoms with Crippen LogP contribution in [0.25, 0.3) is 0 Å². The van der Waals surface area contributed by atoms with Crippen LogP contribution in [0.15, 0.2) is 47.4 Å². The number of nitrogens with one attached hydrogen (secondary N) is 1. The Morgan fingerprint density at radius 2 is 1.78 bits per heavy atom. The summed E-state index contributed by atoms with van der Waals surface area (Å²) in [7, 11) is 0. The Balaban J connectivity index is 1.56. The zero-order valence-corrected chi connectivity index (χ0v) is 15.5. The molecule has 0 saturated carbocycles. The summed E-state index contributed by atoms with van der Waals surface area (Å²) in [5, 5.41) is 0.00159. The second kappa shape index (κ2) is 7.19. The fourth-order valence-corrected chi connectivity index (χ4v) is 4.18. The molecule has 2 aromatic rings. The molecule has 0 aliphatic carbocycles. The number of fused-ring (bicyclic) bond motifs is 4. The van der Waals surface area contributed by atoms with Gasteiger partial charge in [-0.25, -0.2) is 0 Å². The van der Waals surface area contributed by atoms with Crippen molar-refractivity contribution in [1.29, 1.82) is 0 Å². The van der Waals surface area contributed by atoms with Gasteiger partial charge in [-0.1, -0.05) is 29.8 Å². The molecule has 140 valence electrons. The highest BCUT2D eigenvalue weighted by Crippen LogP contribution is 2.30. The number of piperidine rings is 1. The van der Waals surface area contributed by atoms with E-state index in [1.165, 1.54) is 12.3 Å². The zero-order chi connectivity index (χ0) is 19.0. The molecule has 1 aromatic carbocycles.